The van der Waals surface area contributed by atoms with Crippen molar-refractivity contribution in [3.8, 4) is 11.5 Å². The number of rotatable bonds is 8. The number of ether oxygens (including phenoxy) is 2. The van der Waals surface area contributed by atoms with Gasteiger partial charge in [0.05, 0.1) is 16.9 Å². The molecule has 0 atom stereocenters. The van der Waals surface area contributed by atoms with Crippen LogP contribution in [0.1, 0.15) is 56.6 Å². The summed E-state index contributed by atoms with van der Waals surface area (Å²) in [6.07, 6.45) is 8.38. The third-order valence-corrected chi connectivity index (χ3v) is 10.7. The first kappa shape index (κ1) is 27.5. The van der Waals surface area contributed by atoms with Crippen LogP contribution in [-0.2, 0) is 16.2 Å². The Hall–Kier alpha value is -3.36. The van der Waals surface area contributed by atoms with E-state index in [1.54, 1.807) is 6.08 Å². The van der Waals surface area contributed by atoms with Gasteiger partial charge in [-0.25, -0.2) is 0 Å². The first-order valence-electron chi connectivity index (χ1n) is 14.9. The number of nitrogens with zero attached hydrogens (tertiary/aromatic N) is 1. The fraction of sp³-hybridized carbons (Fsp3) is 0.382. The lowest BCUT2D eigenvalue weighted by Gasteiger charge is -2.55. The van der Waals surface area contributed by atoms with Crippen LogP contribution >= 0.6 is 24.0 Å². The standard InChI is InChI=1S/C34H34N2O4S2/c1-2-39-29-15-21(10-11-28(29)40-20-26-8-5-7-25-6-3-4-9-27(25)26)16-30-31(37)36(33(41)42-30)35-32(38)34-17-22-12-23(18-34)14-24(13-22)19-34/h3-11,15-16,22-24H,2,12-14,17-20H2,1H3,(H,35,38)/b30-16+. The summed E-state index contributed by atoms with van der Waals surface area (Å²) in [6, 6.07) is 20.1. The molecule has 0 unspecified atom stereocenters. The van der Waals surface area contributed by atoms with Crippen LogP contribution in [0.4, 0.5) is 0 Å². The van der Waals surface area contributed by atoms with E-state index in [1.165, 1.54) is 41.4 Å². The van der Waals surface area contributed by atoms with Crippen LogP contribution in [-0.4, -0.2) is 27.8 Å². The fourth-order valence-electron chi connectivity index (χ4n) is 7.90. The topological polar surface area (TPSA) is 67.9 Å². The summed E-state index contributed by atoms with van der Waals surface area (Å²) in [6.45, 7) is 2.81. The highest BCUT2D eigenvalue weighted by Gasteiger charge is 2.55. The van der Waals surface area contributed by atoms with Gasteiger partial charge in [0.25, 0.3) is 5.91 Å². The molecule has 1 saturated heterocycles. The summed E-state index contributed by atoms with van der Waals surface area (Å²) in [7, 11) is 0. The van der Waals surface area contributed by atoms with Gasteiger partial charge in [0.2, 0.25) is 5.91 Å². The van der Waals surface area contributed by atoms with Crippen molar-refractivity contribution in [3.05, 3.63) is 76.7 Å². The summed E-state index contributed by atoms with van der Waals surface area (Å²) in [5, 5.41) is 3.61. The van der Waals surface area contributed by atoms with Gasteiger partial charge in [-0.2, -0.15) is 5.01 Å². The maximum absolute atomic E-state index is 13.6. The predicted octanol–water partition coefficient (Wildman–Crippen LogP) is 7.27. The van der Waals surface area contributed by atoms with E-state index in [9.17, 15) is 9.59 Å². The first-order chi connectivity index (χ1) is 20.4. The molecule has 4 bridgehead atoms. The molecule has 0 aromatic heterocycles. The number of hydrazine groups is 1. The van der Waals surface area contributed by atoms with Crippen molar-refractivity contribution in [2.75, 3.05) is 6.61 Å². The minimum Gasteiger partial charge on any atom is -0.490 e. The molecule has 3 aromatic rings. The molecular weight excluding hydrogens is 565 g/mol. The third-order valence-electron chi connectivity index (χ3n) is 9.36. The van der Waals surface area contributed by atoms with E-state index < -0.39 is 0 Å². The van der Waals surface area contributed by atoms with Gasteiger partial charge in [0, 0.05) is 0 Å². The van der Waals surface area contributed by atoms with Gasteiger partial charge < -0.3 is 9.47 Å². The molecule has 3 aromatic carbocycles. The molecule has 0 radical (unpaired) electrons. The van der Waals surface area contributed by atoms with Crippen LogP contribution < -0.4 is 14.9 Å². The maximum Gasteiger partial charge on any atom is 0.285 e. The molecule has 0 spiro atoms. The average molecular weight is 599 g/mol. The highest BCUT2D eigenvalue weighted by molar-refractivity contribution is 8.26. The van der Waals surface area contributed by atoms with Crippen molar-refractivity contribution in [1.29, 1.82) is 0 Å². The largest absolute Gasteiger partial charge is 0.490 e. The highest BCUT2D eigenvalue weighted by Crippen LogP contribution is 2.60. The van der Waals surface area contributed by atoms with Gasteiger partial charge >= 0.3 is 0 Å². The summed E-state index contributed by atoms with van der Waals surface area (Å²) >= 11 is 6.75. The zero-order chi connectivity index (χ0) is 28.8. The number of amides is 2. The van der Waals surface area contributed by atoms with Crippen LogP contribution in [0.3, 0.4) is 0 Å². The number of thiocarbonyl (C=S) groups is 1. The molecule has 5 fully saturated rings. The zero-order valence-corrected chi connectivity index (χ0v) is 25.3. The van der Waals surface area contributed by atoms with E-state index in [-0.39, 0.29) is 17.2 Å². The van der Waals surface area contributed by atoms with Crippen LogP contribution in [0.25, 0.3) is 16.8 Å². The normalized spacial score (nSPS) is 27.2. The minimum absolute atomic E-state index is 0.0366. The lowest BCUT2D eigenvalue weighted by Crippen LogP contribution is -2.57. The Morgan fingerprint density at radius 2 is 1.71 bits per heavy atom. The molecule has 2 amide bonds. The number of hydrogen-bond donors (Lipinski definition) is 1. The van der Waals surface area contributed by atoms with Crippen molar-refractivity contribution in [2.24, 2.45) is 23.2 Å². The molecule has 4 saturated carbocycles. The van der Waals surface area contributed by atoms with E-state index in [0.717, 1.165) is 35.8 Å². The SMILES string of the molecule is CCOc1cc(/C=C2/SC(=S)N(NC(=O)C34CC5CC(CC(C5)C3)C4)C2=O)ccc1OCc1cccc2ccccc12. The number of carbonyl (C=O) groups is 2. The van der Waals surface area contributed by atoms with Crippen LogP contribution in [0.2, 0.25) is 0 Å². The lowest BCUT2D eigenvalue weighted by molar-refractivity contribution is -0.152. The van der Waals surface area contributed by atoms with E-state index in [2.05, 4.69) is 29.7 Å². The summed E-state index contributed by atoms with van der Waals surface area (Å²) in [5.41, 5.74) is 4.47. The van der Waals surface area contributed by atoms with Crippen molar-refractivity contribution in [1.82, 2.24) is 10.4 Å². The number of carbonyl (C=O) groups excluding carboxylic acids is 2. The van der Waals surface area contributed by atoms with Gasteiger partial charge in [-0.1, -0.05) is 60.3 Å². The highest BCUT2D eigenvalue weighted by atomic mass is 32.2. The Morgan fingerprint density at radius 3 is 2.45 bits per heavy atom. The second-order valence-electron chi connectivity index (χ2n) is 12.2. The van der Waals surface area contributed by atoms with Crippen molar-refractivity contribution < 1.29 is 19.1 Å². The molecular formula is C34H34N2O4S2. The minimum atomic E-state index is -0.351. The smallest absolute Gasteiger partial charge is 0.285 e. The van der Waals surface area contributed by atoms with Gasteiger partial charge in [0.15, 0.2) is 15.8 Å². The zero-order valence-electron chi connectivity index (χ0n) is 23.6. The molecule has 216 valence electrons. The number of nitrogens with one attached hydrogen (secondary N) is 1. The molecule has 1 aliphatic heterocycles. The molecule has 8 rings (SSSR count). The van der Waals surface area contributed by atoms with Gasteiger partial charge in [-0.05, 0) is 116 Å². The molecule has 1 heterocycles. The Balaban J connectivity index is 1.06. The molecule has 42 heavy (non-hydrogen) atoms. The maximum atomic E-state index is 13.6. The van der Waals surface area contributed by atoms with E-state index in [4.69, 9.17) is 21.7 Å². The predicted molar refractivity (Wildman–Crippen MR) is 170 cm³/mol. The molecule has 5 aliphatic rings. The monoisotopic (exact) mass is 598 g/mol. The third kappa shape index (κ3) is 5.09. The molecule has 1 N–H and O–H groups in total. The second kappa shape index (κ2) is 11.0. The number of thioether (sulfide) groups is 1. The summed E-state index contributed by atoms with van der Waals surface area (Å²) in [5.74, 6) is 2.85. The Kier molecular flexibility index (Phi) is 7.22. The number of fused-ring (bicyclic) bond motifs is 1. The van der Waals surface area contributed by atoms with Gasteiger partial charge in [-0.15, -0.1) is 0 Å². The van der Waals surface area contributed by atoms with Gasteiger partial charge in [-0.3, -0.25) is 15.0 Å². The molecule has 6 nitrogen and oxygen atoms in total. The van der Waals surface area contributed by atoms with E-state index in [1.807, 2.05) is 43.3 Å². The first-order valence-corrected chi connectivity index (χ1v) is 16.1. The Morgan fingerprint density at radius 1 is 1.00 bits per heavy atom. The Bertz CT molecular complexity index is 1580. The van der Waals surface area contributed by atoms with Crippen molar-refractivity contribution in [3.63, 3.8) is 0 Å². The fourth-order valence-corrected chi connectivity index (χ4v) is 9.08. The lowest BCUT2D eigenvalue weighted by atomic mass is 9.49. The van der Waals surface area contributed by atoms with Crippen LogP contribution in [0.5, 0.6) is 11.5 Å². The summed E-state index contributed by atoms with van der Waals surface area (Å²) < 4.78 is 12.5. The summed E-state index contributed by atoms with van der Waals surface area (Å²) in [4.78, 5) is 27.5. The van der Waals surface area contributed by atoms with E-state index in [0.29, 0.717) is 51.7 Å². The number of benzene rings is 3. The molecule has 8 heteroatoms. The van der Waals surface area contributed by atoms with Crippen molar-refractivity contribution >= 4 is 57.0 Å². The van der Waals surface area contributed by atoms with Gasteiger partial charge in [0.1, 0.15) is 6.61 Å². The average Bonchev–Trinajstić information content (AvgIpc) is 3.23. The Labute approximate surface area is 255 Å². The van der Waals surface area contributed by atoms with Crippen molar-refractivity contribution in [2.45, 2.75) is 52.1 Å². The van der Waals surface area contributed by atoms with E-state index >= 15 is 0 Å². The van der Waals surface area contributed by atoms with Crippen LogP contribution in [0, 0.1) is 23.2 Å². The second-order valence-corrected chi connectivity index (χ2v) is 13.9. The van der Waals surface area contributed by atoms with Crippen LogP contribution in [0.15, 0.2) is 65.6 Å². The molecule has 4 aliphatic carbocycles. The number of hydrogen-bond acceptors (Lipinski definition) is 6. The quantitative estimate of drug-likeness (QED) is 0.217.